The number of rotatable bonds is 1. The number of hydrogen-bond donors (Lipinski definition) is 0. The van der Waals surface area contributed by atoms with Crippen molar-refractivity contribution < 1.29 is 18.0 Å². The molecule has 0 aromatic heterocycles. The Labute approximate surface area is 124 Å². The summed E-state index contributed by atoms with van der Waals surface area (Å²) >= 11 is 5.17. The topological polar surface area (TPSA) is 20.3 Å². The van der Waals surface area contributed by atoms with E-state index >= 15 is 0 Å². The predicted octanol–water partition coefficient (Wildman–Crippen LogP) is 3.81. The fourth-order valence-corrected chi connectivity index (χ4v) is 3.17. The molecular formula is C11H8BrF3INO. The highest BCUT2D eigenvalue weighted by Crippen LogP contribution is 2.35. The summed E-state index contributed by atoms with van der Waals surface area (Å²) in [5.41, 5.74) is -0.159. The lowest BCUT2D eigenvalue weighted by atomic mass is 10.2. The van der Waals surface area contributed by atoms with Crippen molar-refractivity contribution in [1.29, 1.82) is 0 Å². The van der Waals surface area contributed by atoms with Gasteiger partial charge in [0.15, 0.2) is 0 Å². The Bertz CT molecular complexity index is 492. The number of hydrogen-bond acceptors (Lipinski definition) is 1. The average Bonchev–Trinajstić information content (AvgIpc) is 2.56. The van der Waals surface area contributed by atoms with E-state index in [4.69, 9.17) is 0 Å². The van der Waals surface area contributed by atoms with Crippen LogP contribution in [0.2, 0.25) is 0 Å². The van der Waals surface area contributed by atoms with Crippen molar-refractivity contribution in [2.24, 2.45) is 0 Å². The van der Waals surface area contributed by atoms with Gasteiger partial charge in [0.1, 0.15) is 0 Å². The summed E-state index contributed by atoms with van der Waals surface area (Å²) in [6, 6.07) is 3.42. The lowest BCUT2D eigenvalue weighted by Gasteiger charge is -2.19. The summed E-state index contributed by atoms with van der Waals surface area (Å²) in [7, 11) is 0. The lowest BCUT2D eigenvalue weighted by molar-refractivity contribution is -0.137. The summed E-state index contributed by atoms with van der Waals surface area (Å²) in [5.74, 6) is -0.0745. The number of carbonyl (C=O) groups excluding carboxylic acids is 1. The Balaban J connectivity index is 2.34. The summed E-state index contributed by atoms with van der Waals surface area (Å²) in [4.78, 5) is 13.3. The molecule has 2 rings (SSSR count). The molecule has 1 aromatic carbocycles. The molecule has 1 unspecified atom stereocenters. The second-order valence-corrected chi connectivity index (χ2v) is 6.43. The summed E-state index contributed by atoms with van der Waals surface area (Å²) in [6.07, 6.45) is -3.98. The van der Waals surface area contributed by atoms with E-state index in [1.165, 1.54) is 11.0 Å². The zero-order valence-electron chi connectivity index (χ0n) is 8.97. The maximum absolute atomic E-state index is 12.5. The van der Waals surface area contributed by atoms with Gasteiger partial charge < -0.3 is 4.90 Å². The van der Waals surface area contributed by atoms with Gasteiger partial charge in [-0.2, -0.15) is 13.2 Å². The van der Waals surface area contributed by atoms with E-state index in [0.29, 0.717) is 22.2 Å². The standard InChI is InChI=1S/C11H8BrF3INO/c12-7-4-10(18)17(5-7)9-2-1-6(3-8(9)16)11(13,14)15/h1-3,7H,4-5H2. The zero-order chi connectivity index (χ0) is 13.5. The Morgan fingerprint density at radius 1 is 1.39 bits per heavy atom. The molecule has 2 nitrogen and oxygen atoms in total. The number of amides is 1. The van der Waals surface area contributed by atoms with Crippen molar-refractivity contribution in [3.8, 4) is 0 Å². The molecule has 1 heterocycles. The first-order valence-corrected chi connectivity index (χ1v) is 7.09. The van der Waals surface area contributed by atoms with Crippen LogP contribution in [0.3, 0.4) is 0 Å². The number of carbonyl (C=O) groups is 1. The Morgan fingerprint density at radius 2 is 2.06 bits per heavy atom. The third kappa shape index (κ3) is 2.81. The fraction of sp³-hybridized carbons (Fsp3) is 0.364. The van der Waals surface area contributed by atoms with Crippen molar-refractivity contribution in [2.75, 3.05) is 11.4 Å². The fourth-order valence-electron chi connectivity index (χ4n) is 1.80. The van der Waals surface area contributed by atoms with E-state index in [2.05, 4.69) is 15.9 Å². The molecule has 1 aromatic rings. The zero-order valence-corrected chi connectivity index (χ0v) is 12.7. The quantitative estimate of drug-likeness (QED) is 0.487. The van der Waals surface area contributed by atoms with Crippen LogP contribution in [0.4, 0.5) is 18.9 Å². The van der Waals surface area contributed by atoms with Crippen molar-refractivity contribution in [1.82, 2.24) is 0 Å². The van der Waals surface area contributed by atoms with Gasteiger partial charge in [0.2, 0.25) is 5.91 Å². The van der Waals surface area contributed by atoms with Crippen LogP contribution < -0.4 is 4.90 Å². The molecule has 7 heteroatoms. The summed E-state index contributed by atoms with van der Waals surface area (Å²) < 4.78 is 38.0. The van der Waals surface area contributed by atoms with Gasteiger partial charge in [-0.1, -0.05) is 15.9 Å². The van der Waals surface area contributed by atoms with Gasteiger partial charge in [-0.05, 0) is 40.8 Å². The highest BCUT2D eigenvalue weighted by molar-refractivity contribution is 14.1. The highest BCUT2D eigenvalue weighted by atomic mass is 127. The first kappa shape index (κ1) is 14.1. The van der Waals surface area contributed by atoms with Crippen molar-refractivity contribution in [2.45, 2.75) is 17.4 Å². The monoisotopic (exact) mass is 433 g/mol. The number of benzene rings is 1. The van der Waals surface area contributed by atoms with Crippen LogP contribution in [-0.2, 0) is 11.0 Å². The second kappa shape index (κ2) is 4.99. The minimum atomic E-state index is -4.36. The van der Waals surface area contributed by atoms with Crippen molar-refractivity contribution >= 4 is 50.1 Å². The van der Waals surface area contributed by atoms with Crippen LogP contribution in [-0.4, -0.2) is 17.3 Å². The van der Waals surface area contributed by atoms with E-state index in [9.17, 15) is 18.0 Å². The molecule has 18 heavy (non-hydrogen) atoms. The molecule has 1 fully saturated rings. The lowest BCUT2D eigenvalue weighted by Crippen LogP contribution is -2.25. The minimum Gasteiger partial charge on any atom is -0.310 e. The van der Waals surface area contributed by atoms with Crippen LogP contribution in [0.15, 0.2) is 18.2 Å². The van der Waals surface area contributed by atoms with Crippen LogP contribution in [0.1, 0.15) is 12.0 Å². The molecule has 1 atom stereocenters. The van der Waals surface area contributed by atoms with Gasteiger partial charge in [-0.3, -0.25) is 4.79 Å². The first-order chi connectivity index (χ1) is 8.29. The van der Waals surface area contributed by atoms with E-state index in [1.807, 2.05) is 22.6 Å². The van der Waals surface area contributed by atoms with E-state index in [1.54, 1.807) is 0 Å². The molecule has 0 spiro atoms. The number of nitrogens with zero attached hydrogens (tertiary/aromatic N) is 1. The molecule has 0 bridgehead atoms. The molecule has 98 valence electrons. The predicted molar refractivity (Wildman–Crippen MR) is 73.8 cm³/mol. The molecule has 1 amide bonds. The number of anilines is 1. The number of halogens is 5. The SMILES string of the molecule is O=C1CC(Br)CN1c1ccc(C(F)(F)F)cc1I. The van der Waals surface area contributed by atoms with Gasteiger partial charge in [-0.25, -0.2) is 0 Å². The third-order valence-electron chi connectivity index (χ3n) is 2.64. The molecule has 0 radical (unpaired) electrons. The van der Waals surface area contributed by atoms with Gasteiger partial charge >= 0.3 is 6.18 Å². The van der Waals surface area contributed by atoms with E-state index in [0.717, 1.165) is 12.1 Å². The van der Waals surface area contributed by atoms with Crippen LogP contribution in [0.25, 0.3) is 0 Å². The summed E-state index contributed by atoms with van der Waals surface area (Å²) in [5, 5.41) is 0. The number of alkyl halides is 4. The van der Waals surface area contributed by atoms with Crippen LogP contribution >= 0.6 is 38.5 Å². The molecule has 0 N–H and O–H groups in total. The van der Waals surface area contributed by atoms with Gasteiger partial charge in [-0.15, -0.1) is 0 Å². The van der Waals surface area contributed by atoms with Gasteiger partial charge in [0, 0.05) is 21.4 Å². The second-order valence-electron chi connectivity index (χ2n) is 3.97. The molecular weight excluding hydrogens is 426 g/mol. The minimum absolute atomic E-state index is 0.0584. The van der Waals surface area contributed by atoms with Crippen LogP contribution in [0.5, 0.6) is 0 Å². The Kier molecular flexibility index (Phi) is 3.91. The third-order valence-corrected chi connectivity index (χ3v) is 4.12. The van der Waals surface area contributed by atoms with E-state index < -0.39 is 11.7 Å². The normalized spacial score (nSPS) is 20.6. The van der Waals surface area contributed by atoms with Gasteiger partial charge in [0.25, 0.3) is 0 Å². The van der Waals surface area contributed by atoms with Gasteiger partial charge in [0.05, 0.1) is 11.3 Å². The Morgan fingerprint density at radius 3 is 2.50 bits per heavy atom. The molecule has 0 saturated carbocycles. The van der Waals surface area contributed by atoms with Crippen molar-refractivity contribution in [3.63, 3.8) is 0 Å². The first-order valence-electron chi connectivity index (χ1n) is 5.10. The van der Waals surface area contributed by atoms with Crippen molar-refractivity contribution in [3.05, 3.63) is 27.3 Å². The summed E-state index contributed by atoms with van der Waals surface area (Å²) in [6.45, 7) is 0.486. The highest BCUT2D eigenvalue weighted by Gasteiger charge is 2.33. The molecule has 0 aliphatic carbocycles. The molecule has 1 aliphatic rings. The maximum Gasteiger partial charge on any atom is 0.416 e. The van der Waals surface area contributed by atoms with Crippen LogP contribution in [0, 0.1) is 3.57 Å². The average molecular weight is 434 g/mol. The van der Waals surface area contributed by atoms with E-state index in [-0.39, 0.29) is 10.7 Å². The smallest absolute Gasteiger partial charge is 0.310 e. The molecule has 1 aliphatic heterocycles. The maximum atomic E-state index is 12.5. The largest absolute Gasteiger partial charge is 0.416 e. The Hall–Kier alpha value is -0.310. The molecule has 1 saturated heterocycles.